The van der Waals surface area contributed by atoms with Crippen molar-refractivity contribution in [2.45, 2.75) is 6.92 Å². The second kappa shape index (κ2) is 4.09. The standard InChI is InChI=1S/C15H12FNO2/c1-9(18)17-14-5-3-10(16)7-12(14)13-8-11(19-2)4-6-15(13)17/h3-8H,1-2H3. The van der Waals surface area contributed by atoms with Gasteiger partial charge in [0, 0.05) is 17.7 Å². The highest BCUT2D eigenvalue weighted by molar-refractivity contribution is 6.13. The van der Waals surface area contributed by atoms with Crippen LogP contribution in [0.25, 0.3) is 21.8 Å². The molecule has 2 aromatic carbocycles. The second-order valence-corrected chi connectivity index (χ2v) is 4.40. The third kappa shape index (κ3) is 1.68. The molecule has 19 heavy (non-hydrogen) atoms. The lowest BCUT2D eigenvalue weighted by molar-refractivity contribution is 0.0946. The fraction of sp³-hybridized carbons (Fsp3) is 0.133. The maximum absolute atomic E-state index is 13.4. The van der Waals surface area contributed by atoms with E-state index in [1.807, 2.05) is 12.1 Å². The zero-order chi connectivity index (χ0) is 13.6. The number of carbonyl (C=O) groups excluding carboxylic acids is 1. The first-order valence-corrected chi connectivity index (χ1v) is 5.90. The highest BCUT2D eigenvalue weighted by Gasteiger charge is 2.14. The van der Waals surface area contributed by atoms with Crippen molar-refractivity contribution in [3.05, 3.63) is 42.2 Å². The largest absolute Gasteiger partial charge is 0.497 e. The molecule has 4 heteroatoms. The SMILES string of the molecule is COc1ccc2c(c1)c1cc(F)ccc1n2C(C)=O. The summed E-state index contributed by atoms with van der Waals surface area (Å²) in [5, 5.41) is 1.52. The number of ether oxygens (including phenoxy) is 1. The predicted octanol–water partition coefficient (Wildman–Crippen LogP) is 3.60. The van der Waals surface area contributed by atoms with E-state index in [4.69, 9.17) is 4.74 Å². The van der Waals surface area contributed by atoms with Gasteiger partial charge in [-0.15, -0.1) is 0 Å². The van der Waals surface area contributed by atoms with Crippen LogP contribution in [-0.2, 0) is 0 Å². The van der Waals surface area contributed by atoms with Crippen LogP contribution in [-0.4, -0.2) is 17.6 Å². The molecular weight excluding hydrogens is 245 g/mol. The number of benzene rings is 2. The van der Waals surface area contributed by atoms with E-state index in [-0.39, 0.29) is 11.7 Å². The van der Waals surface area contributed by atoms with E-state index in [9.17, 15) is 9.18 Å². The highest BCUT2D eigenvalue weighted by atomic mass is 19.1. The normalized spacial score (nSPS) is 11.1. The van der Waals surface area contributed by atoms with Gasteiger partial charge in [0.1, 0.15) is 11.6 Å². The van der Waals surface area contributed by atoms with Gasteiger partial charge in [-0.25, -0.2) is 4.39 Å². The molecule has 0 saturated heterocycles. The van der Waals surface area contributed by atoms with Gasteiger partial charge in [0.15, 0.2) is 0 Å². The molecule has 3 nitrogen and oxygen atoms in total. The first-order valence-electron chi connectivity index (χ1n) is 5.90. The third-order valence-corrected chi connectivity index (χ3v) is 3.25. The van der Waals surface area contributed by atoms with Crippen molar-refractivity contribution >= 4 is 27.7 Å². The quantitative estimate of drug-likeness (QED) is 0.667. The Bertz CT molecular complexity index is 805. The topological polar surface area (TPSA) is 31.2 Å². The minimum Gasteiger partial charge on any atom is -0.497 e. The van der Waals surface area contributed by atoms with Crippen LogP contribution in [0.2, 0.25) is 0 Å². The molecular formula is C15H12FNO2. The highest BCUT2D eigenvalue weighted by Crippen LogP contribution is 2.32. The zero-order valence-corrected chi connectivity index (χ0v) is 10.6. The summed E-state index contributed by atoms with van der Waals surface area (Å²) in [4.78, 5) is 11.8. The van der Waals surface area contributed by atoms with E-state index in [0.717, 1.165) is 10.9 Å². The third-order valence-electron chi connectivity index (χ3n) is 3.25. The van der Waals surface area contributed by atoms with Crippen molar-refractivity contribution in [1.82, 2.24) is 4.57 Å². The summed E-state index contributed by atoms with van der Waals surface area (Å²) < 4.78 is 20.2. The van der Waals surface area contributed by atoms with Gasteiger partial charge >= 0.3 is 0 Å². The second-order valence-electron chi connectivity index (χ2n) is 4.40. The Morgan fingerprint density at radius 2 is 1.74 bits per heavy atom. The summed E-state index contributed by atoms with van der Waals surface area (Å²) in [6.07, 6.45) is 0. The number of nitrogens with zero attached hydrogens (tertiary/aromatic N) is 1. The van der Waals surface area contributed by atoms with Gasteiger partial charge in [-0.05, 0) is 36.4 Å². The molecule has 0 aliphatic rings. The van der Waals surface area contributed by atoms with Gasteiger partial charge in [0.05, 0.1) is 18.1 Å². The molecule has 0 aliphatic carbocycles. The number of fused-ring (bicyclic) bond motifs is 3. The van der Waals surface area contributed by atoms with Crippen LogP contribution in [0.5, 0.6) is 5.75 Å². The number of carbonyl (C=O) groups is 1. The van der Waals surface area contributed by atoms with Crippen LogP contribution >= 0.6 is 0 Å². The van der Waals surface area contributed by atoms with Crippen LogP contribution < -0.4 is 4.74 Å². The molecule has 96 valence electrons. The molecule has 0 spiro atoms. The molecule has 0 aliphatic heterocycles. The average Bonchev–Trinajstić information content (AvgIpc) is 2.71. The van der Waals surface area contributed by atoms with Gasteiger partial charge in [0.25, 0.3) is 0 Å². The molecule has 0 saturated carbocycles. The number of aromatic nitrogens is 1. The summed E-state index contributed by atoms with van der Waals surface area (Å²) in [6.45, 7) is 1.49. The maximum atomic E-state index is 13.4. The molecule has 0 radical (unpaired) electrons. The molecule has 3 rings (SSSR count). The number of methoxy groups -OCH3 is 1. The summed E-state index contributed by atoms with van der Waals surface area (Å²) in [7, 11) is 1.58. The summed E-state index contributed by atoms with van der Waals surface area (Å²) in [5.74, 6) is 0.258. The molecule has 0 bridgehead atoms. The average molecular weight is 257 g/mol. The Morgan fingerprint density at radius 3 is 2.37 bits per heavy atom. The Morgan fingerprint density at radius 1 is 1.11 bits per heavy atom. The van der Waals surface area contributed by atoms with E-state index in [2.05, 4.69) is 0 Å². The van der Waals surface area contributed by atoms with E-state index >= 15 is 0 Å². The Kier molecular flexibility index (Phi) is 2.52. The zero-order valence-electron chi connectivity index (χ0n) is 10.6. The van der Waals surface area contributed by atoms with E-state index < -0.39 is 0 Å². The molecule has 1 aromatic heterocycles. The molecule has 0 unspecified atom stereocenters. The minimum absolute atomic E-state index is 0.100. The summed E-state index contributed by atoms with van der Waals surface area (Å²) in [5.41, 5.74) is 1.46. The van der Waals surface area contributed by atoms with Crippen molar-refractivity contribution in [3.63, 3.8) is 0 Å². The van der Waals surface area contributed by atoms with E-state index in [0.29, 0.717) is 16.7 Å². The Hall–Kier alpha value is -2.36. The lowest BCUT2D eigenvalue weighted by Crippen LogP contribution is -2.04. The fourth-order valence-electron chi connectivity index (χ4n) is 2.44. The van der Waals surface area contributed by atoms with Gasteiger partial charge < -0.3 is 4.74 Å². The van der Waals surface area contributed by atoms with Crippen molar-refractivity contribution in [1.29, 1.82) is 0 Å². The fourth-order valence-corrected chi connectivity index (χ4v) is 2.44. The van der Waals surface area contributed by atoms with Crippen molar-refractivity contribution in [2.24, 2.45) is 0 Å². The molecule has 1 heterocycles. The lowest BCUT2D eigenvalue weighted by Gasteiger charge is -2.02. The number of rotatable bonds is 1. The van der Waals surface area contributed by atoms with Crippen LogP contribution in [0.3, 0.4) is 0 Å². The van der Waals surface area contributed by atoms with Gasteiger partial charge in [-0.3, -0.25) is 9.36 Å². The summed E-state index contributed by atoms with van der Waals surface area (Å²) >= 11 is 0. The van der Waals surface area contributed by atoms with Gasteiger partial charge in [-0.2, -0.15) is 0 Å². The van der Waals surface area contributed by atoms with Crippen LogP contribution in [0, 0.1) is 5.82 Å². The van der Waals surface area contributed by atoms with Gasteiger partial charge in [0.2, 0.25) is 5.91 Å². The molecule has 0 N–H and O–H groups in total. The minimum atomic E-state index is -0.321. The molecule has 0 atom stereocenters. The number of hydrogen-bond acceptors (Lipinski definition) is 2. The predicted molar refractivity (Wildman–Crippen MR) is 72.3 cm³/mol. The maximum Gasteiger partial charge on any atom is 0.228 e. The van der Waals surface area contributed by atoms with Crippen molar-refractivity contribution in [3.8, 4) is 5.75 Å². The van der Waals surface area contributed by atoms with Crippen LogP contribution in [0.4, 0.5) is 4.39 Å². The molecule has 0 amide bonds. The van der Waals surface area contributed by atoms with Crippen LogP contribution in [0.1, 0.15) is 11.7 Å². The summed E-state index contributed by atoms with van der Waals surface area (Å²) in [6, 6.07) is 9.84. The smallest absolute Gasteiger partial charge is 0.228 e. The first-order chi connectivity index (χ1) is 9.11. The van der Waals surface area contributed by atoms with Crippen molar-refractivity contribution < 1.29 is 13.9 Å². The Balaban J connectivity index is 2.53. The first kappa shape index (κ1) is 11.7. The van der Waals surface area contributed by atoms with Crippen molar-refractivity contribution in [2.75, 3.05) is 7.11 Å². The monoisotopic (exact) mass is 257 g/mol. The van der Waals surface area contributed by atoms with Crippen LogP contribution in [0.15, 0.2) is 36.4 Å². The van der Waals surface area contributed by atoms with E-state index in [1.54, 1.807) is 23.8 Å². The van der Waals surface area contributed by atoms with Gasteiger partial charge in [-0.1, -0.05) is 0 Å². The number of hydrogen-bond donors (Lipinski definition) is 0. The molecule has 3 aromatic rings. The number of halogens is 1. The Labute approximate surface area is 109 Å². The van der Waals surface area contributed by atoms with E-state index in [1.165, 1.54) is 19.1 Å². The lowest BCUT2D eigenvalue weighted by atomic mass is 10.1. The molecule has 0 fully saturated rings.